The number of thioether (sulfide) groups is 1. The summed E-state index contributed by atoms with van der Waals surface area (Å²) in [6.45, 7) is 7.56. The summed E-state index contributed by atoms with van der Waals surface area (Å²) in [5.74, 6) is 0.223. The van der Waals surface area contributed by atoms with Crippen molar-refractivity contribution < 1.29 is 4.79 Å². The van der Waals surface area contributed by atoms with Gasteiger partial charge in [0.15, 0.2) is 5.13 Å². The molecular formula is C16H21N3OS2. The van der Waals surface area contributed by atoms with Gasteiger partial charge in [0.05, 0.1) is 16.1 Å². The van der Waals surface area contributed by atoms with Crippen LogP contribution in [0.3, 0.4) is 0 Å². The molecule has 4 nitrogen and oxygen atoms in total. The summed E-state index contributed by atoms with van der Waals surface area (Å²) >= 11 is 3.43. The van der Waals surface area contributed by atoms with Gasteiger partial charge in [-0.1, -0.05) is 17.4 Å². The summed E-state index contributed by atoms with van der Waals surface area (Å²) in [4.78, 5) is 20.3. The number of hydrogen-bond donors (Lipinski definition) is 1. The van der Waals surface area contributed by atoms with Crippen molar-refractivity contribution in [3.05, 3.63) is 18.2 Å². The van der Waals surface area contributed by atoms with Gasteiger partial charge in [-0.3, -0.25) is 4.79 Å². The highest BCUT2D eigenvalue weighted by atomic mass is 32.2. The third-order valence-corrected chi connectivity index (χ3v) is 5.46. The Hall–Kier alpha value is -1.27. The lowest BCUT2D eigenvalue weighted by molar-refractivity contribution is -0.127. The molecule has 2 heterocycles. The monoisotopic (exact) mass is 335 g/mol. The first-order chi connectivity index (χ1) is 10.4. The van der Waals surface area contributed by atoms with Crippen LogP contribution in [0.1, 0.15) is 20.8 Å². The molecule has 1 aliphatic rings. The van der Waals surface area contributed by atoms with E-state index in [0.717, 1.165) is 23.7 Å². The van der Waals surface area contributed by atoms with E-state index in [4.69, 9.17) is 4.98 Å². The third kappa shape index (κ3) is 3.08. The summed E-state index contributed by atoms with van der Waals surface area (Å²) in [6, 6.07) is 6.29. The fraction of sp³-hybridized carbons (Fsp3) is 0.500. The number of carbonyl (C=O) groups is 1. The van der Waals surface area contributed by atoms with Gasteiger partial charge in [-0.15, -0.1) is 11.8 Å². The van der Waals surface area contributed by atoms with Crippen LogP contribution in [-0.4, -0.2) is 35.8 Å². The van der Waals surface area contributed by atoms with Crippen molar-refractivity contribution >= 4 is 44.4 Å². The van der Waals surface area contributed by atoms with Crippen LogP contribution in [0, 0.1) is 5.92 Å². The molecule has 0 spiro atoms. The summed E-state index contributed by atoms with van der Waals surface area (Å²) in [5, 5.41) is 4.08. The normalized spacial score (nSPS) is 15.9. The second-order valence-electron chi connectivity index (χ2n) is 6.64. The van der Waals surface area contributed by atoms with Crippen LogP contribution in [0.4, 0.5) is 5.13 Å². The minimum Gasteiger partial charge on any atom is -0.351 e. The van der Waals surface area contributed by atoms with Crippen LogP contribution in [0.15, 0.2) is 23.1 Å². The molecule has 22 heavy (non-hydrogen) atoms. The van der Waals surface area contributed by atoms with E-state index < -0.39 is 0 Å². The van der Waals surface area contributed by atoms with Crippen LogP contribution in [0.2, 0.25) is 0 Å². The smallest absolute Gasteiger partial charge is 0.227 e. The molecule has 2 aromatic rings. The fourth-order valence-corrected chi connectivity index (χ4v) is 4.12. The lowest BCUT2D eigenvalue weighted by Crippen LogP contribution is -2.56. The van der Waals surface area contributed by atoms with Gasteiger partial charge in [0.1, 0.15) is 0 Å². The lowest BCUT2D eigenvalue weighted by atomic mass is 9.98. The van der Waals surface area contributed by atoms with E-state index >= 15 is 0 Å². The van der Waals surface area contributed by atoms with Crippen molar-refractivity contribution in [1.29, 1.82) is 0 Å². The van der Waals surface area contributed by atoms with Gasteiger partial charge in [0, 0.05) is 23.5 Å². The second-order valence-corrected chi connectivity index (χ2v) is 8.50. The van der Waals surface area contributed by atoms with Gasteiger partial charge < -0.3 is 10.2 Å². The molecule has 0 aliphatic carbocycles. The number of nitrogens with one attached hydrogen (secondary N) is 1. The molecular weight excluding hydrogens is 314 g/mol. The number of thiazole rings is 1. The van der Waals surface area contributed by atoms with E-state index in [-0.39, 0.29) is 17.4 Å². The molecule has 0 radical (unpaired) electrons. The Kier molecular flexibility index (Phi) is 4.07. The zero-order valence-electron chi connectivity index (χ0n) is 13.3. The molecule has 0 saturated carbocycles. The van der Waals surface area contributed by atoms with E-state index in [1.165, 1.54) is 9.60 Å². The number of rotatable bonds is 3. The van der Waals surface area contributed by atoms with Crippen LogP contribution in [-0.2, 0) is 4.79 Å². The van der Waals surface area contributed by atoms with E-state index in [0.29, 0.717) is 0 Å². The molecule has 0 unspecified atom stereocenters. The first kappa shape index (κ1) is 15.6. The Morgan fingerprint density at radius 3 is 2.77 bits per heavy atom. The van der Waals surface area contributed by atoms with Gasteiger partial charge in [-0.05, 0) is 39.2 Å². The van der Waals surface area contributed by atoms with Crippen LogP contribution in [0.25, 0.3) is 10.2 Å². The van der Waals surface area contributed by atoms with Gasteiger partial charge in [0.25, 0.3) is 0 Å². The maximum Gasteiger partial charge on any atom is 0.227 e. The zero-order valence-corrected chi connectivity index (χ0v) is 15.0. The summed E-state index contributed by atoms with van der Waals surface area (Å²) in [5.41, 5.74) is 0.915. The van der Waals surface area contributed by atoms with Gasteiger partial charge >= 0.3 is 0 Å². The molecule has 6 heteroatoms. The maximum atomic E-state index is 12.1. The quantitative estimate of drug-likeness (QED) is 0.874. The van der Waals surface area contributed by atoms with E-state index in [1.807, 2.05) is 20.8 Å². The highest BCUT2D eigenvalue weighted by Gasteiger charge is 2.35. The average Bonchev–Trinajstić information content (AvgIpc) is 2.77. The molecule has 1 amide bonds. The Morgan fingerprint density at radius 2 is 2.14 bits per heavy atom. The van der Waals surface area contributed by atoms with Crippen molar-refractivity contribution in [3.8, 4) is 0 Å². The number of amides is 1. The SMILES string of the molecule is CSc1cccc2sc(N3CC(C(=O)NC(C)(C)C)C3)nc12. The molecule has 3 rings (SSSR count). The number of nitrogens with zero attached hydrogens (tertiary/aromatic N) is 2. The van der Waals surface area contributed by atoms with Gasteiger partial charge in [-0.25, -0.2) is 4.98 Å². The topological polar surface area (TPSA) is 45.2 Å². The van der Waals surface area contributed by atoms with Crippen LogP contribution in [0.5, 0.6) is 0 Å². The number of aromatic nitrogens is 1. The Bertz CT molecular complexity index is 699. The summed E-state index contributed by atoms with van der Waals surface area (Å²) in [6.07, 6.45) is 2.07. The molecule has 118 valence electrons. The van der Waals surface area contributed by atoms with Crippen molar-refractivity contribution in [3.63, 3.8) is 0 Å². The number of fused-ring (bicyclic) bond motifs is 1. The Morgan fingerprint density at radius 1 is 1.41 bits per heavy atom. The predicted molar refractivity (Wildman–Crippen MR) is 95.0 cm³/mol. The minimum atomic E-state index is -0.166. The third-order valence-electron chi connectivity index (χ3n) is 3.61. The molecule has 1 aromatic heterocycles. The second kappa shape index (κ2) is 5.74. The number of anilines is 1. The van der Waals surface area contributed by atoms with Crippen LogP contribution >= 0.6 is 23.1 Å². The molecule has 1 fully saturated rings. The fourth-order valence-electron chi connectivity index (χ4n) is 2.48. The number of benzene rings is 1. The predicted octanol–water partition coefficient (Wildman–Crippen LogP) is 3.37. The van der Waals surface area contributed by atoms with E-state index in [2.05, 4.69) is 34.7 Å². The van der Waals surface area contributed by atoms with Crippen molar-refractivity contribution in [1.82, 2.24) is 10.3 Å². The first-order valence-corrected chi connectivity index (χ1v) is 9.42. The van der Waals surface area contributed by atoms with E-state index in [9.17, 15) is 4.79 Å². The molecule has 1 aromatic carbocycles. The highest BCUT2D eigenvalue weighted by Crippen LogP contribution is 2.36. The first-order valence-electron chi connectivity index (χ1n) is 7.38. The number of hydrogen-bond acceptors (Lipinski definition) is 5. The molecule has 0 atom stereocenters. The largest absolute Gasteiger partial charge is 0.351 e. The van der Waals surface area contributed by atoms with Crippen molar-refractivity contribution in [2.75, 3.05) is 24.2 Å². The maximum absolute atomic E-state index is 12.1. The summed E-state index contributed by atoms with van der Waals surface area (Å²) < 4.78 is 1.21. The van der Waals surface area contributed by atoms with Gasteiger partial charge in [0.2, 0.25) is 5.91 Å². The molecule has 1 N–H and O–H groups in total. The average molecular weight is 335 g/mol. The Balaban J connectivity index is 1.69. The number of carbonyl (C=O) groups excluding carboxylic acids is 1. The molecule has 1 aliphatic heterocycles. The van der Waals surface area contributed by atoms with Crippen molar-refractivity contribution in [2.45, 2.75) is 31.2 Å². The summed E-state index contributed by atoms with van der Waals surface area (Å²) in [7, 11) is 0. The lowest BCUT2D eigenvalue weighted by Gasteiger charge is -2.39. The molecule has 0 bridgehead atoms. The minimum absolute atomic E-state index is 0.0752. The number of para-hydroxylation sites is 1. The van der Waals surface area contributed by atoms with Crippen LogP contribution < -0.4 is 10.2 Å². The highest BCUT2D eigenvalue weighted by molar-refractivity contribution is 7.98. The van der Waals surface area contributed by atoms with E-state index in [1.54, 1.807) is 23.1 Å². The zero-order chi connectivity index (χ0) is 15.9. The van der Waals surface area contributed by atoms with Gasteiger partial charge in [-0.2, -0.15) is 0 Å². The van der Waals surface area contributed by atoms with Crippen molar-refractivity contribution in [2.24, 2.45) is 5.92 Å². The Labute approximate surface area is 139 Å². The molecule has 1 saturated heterocycles. The standard InChI is InChI=1S/C16H21N3OS2/c1-16(2,3)18-14(20)10-8-19(9-10)15-17-13-11(21-4)6-5-7-12(13)22-15/h5-7,10H,8-9H2,1-4H3,(H,18,20).